The average molecular weight is 279 g/mol. The zero-order valence-corrected chi connectivity index (χ0v) is 11.4. The molecular formula is C15H18FNO3. The number of rotatable bonds is 2. The molecule has 1 saturated carbocycles. The van der Waals surface area contributed by atoms with Crippen LogP contribution in [0.25, 0.3) is 0 Å². The normalized spacial score (nSPS) is 28.2. The van der Waals surface area contributed by atoms with Crippen LogP contribution in [-0.2, 0) is 4.79 Å². The SMILES string of the molecule is CN(C(=O)C1COc2ccccc2O1)C1CCCC1F. The first-order valence-corrected chi connectivity index (χ1v) is 6.96. The summed E-state index contributed by atoms with van der Waals surface area (Å²) >= 11 is 0. The van der Waals surface area contributed by atoms with Crippen molar-refractivity contribution in [1.82, 2.24) is 4.90 Å². The molecule has 1 aliphatic carbocycles. The Morgan fingerprint density at radius 1 is 1.30 bits per heavy atom. The summed E-state index contributed by atoms with van der Waals surface area (Å²) < 4.78 is 24.9. The van der Waals surface area contributed by atoms with E-state index in [9.17, 15) is 9.18 Å². The Labute approximate surface area is 117 Å². The number of benzene rings is 1. The highest BCUT2D eigenvalue weighted by molar-refractivity contribution is 5.82. The number of para-hydroxylation sites is 2. The van der Waals surface area contributed by atoms with E-state index in [0.29, 0.717) is 24.3 Å². The van der Waals surface area contributed by atoms with Crippen molar-refractivity contribution in [2.24, 2.45) is 0 Å². The zero-order valence-electron chi connectivity index (χ0n) is 11.4. The maximum atomic E-state index is 13.7. The molecule has 1 aromatic carbocycles. The van der Waals surface area contributed by atoms with Crippen LogP contribution in [0, 0.1) is 0 Å². The topological polar surface area (TPSA) is 38.8 Å². The Hall–Kier alpha value is -1.78. The summed E-state index contributed by atoms with van der Waals surface area (Å²) in [6.45, 7) is 0.170. The standard InChI is InChI=1S/C15H18FNO3/c1-17(11-6-4-5-10(11)16)15(18)14-9-19-12-7-2-3-8-13(12)20-14/h2-3,7-8,10-11,14H,4-6,9H2,1H3. The number of nitrogens with zero attached hydrogens (tertiary/aromatic N) is 1. The third kappa shape index (κ3) is 2.32. The molecule has 0 N–H and O–H groups in total. The second kappa shape index (κ2) is 5.31. The number of amides is 1. The lowest BCUT2D eigenvalue weighted by molar-refractivity contribution is -0.142. The second-order valence-electron chi connectivity index (χ2n) is 5.33. The van der Waals surface area contributed by atoms with Crippen molar-refractivity contribution in [3.05, 3.63) is 24.3 Å². The molecule has 3 unspecified atom stereocenters. The summed E-state index contributed by atoms with van der Waals surface area (Å²) in [5.74, 6) is 0.992. The van der Waals surface area contributed by atoms with Crippen molar-refractivity contribution in [2.75, 3.05) is 13.7 Å². The van der Waals surface area contributed by atoms with Crippen LogP contribution in [-0.4, -0.2) is 42.8 Å². The van der Waals surface area contributed by atoms with Gasteiger partial charge in [-0.2, -0.15) is 0 Å². The van der Waals surface area contributed by atoms with Gasteiger partial charge in [0.2, 0.25) is 6.10 Å². The first-order chi connectivity index (χ1) is 9.66. The third-order valence-corrected chi connectivity index (χ3v) is 4.03. The van der Waals surface area contributed by atoms with Crippen molar-refractivity contribution in [3.63, 3.8) is 0 Å². The van der Waals surface area contributed by atoms with E-state index in [1.165, 1.54) is 4.90 Å². The first-order valence-electron chi connectivity index (χ1n) is 6.96. The van der Waals surface area contributed by atoms with Gasteiger partial charge in [-0.15, -0.1) is 0 Å². The summed E-state index contributed by atoms with van der Waals surface area (Å²) in [6.07, 6.45) is 0.457. The van der Waals surface area contributed by atoms with Gasteiger partial charge in [-0.3, -0.25) is 4.79 Å². The molecule has 0 radical (unpaired) electrons. The minimum absolute atomic E-state index is 0.170. The molecule has 0 bridgehead atoms. The third-order valence-electron chi connectivity index (χ3n) is 4.03. The van der Waals surface area contributed by atoms with Gasteiger partial charge >= 0.3 is 0 Å². The van der Waals surface area contributed by atoms with E-state index in [4.69, 9.17) is 9.47 Å². The number of hydrogen-bond acceptors (Lipinski definition) is 3. The number of likely N-dealkylation sites (N-methyl/N-ethyl adjacent to an activating group) is 1. The van der Waals surface area contributed by atoms with E-state index in [0.717, 1.165) is 6.42 Å². The molecule has 1 aliphatic heterocycles. The highest BCUT2D eigenvalue weighted by Gasteiger charge is 2.37. The van der Waals surface area contributed by atoms with Crippen LogP contribution >= 0.6 is 0 Å². The van der Waals surface area contributed by atoms with Gasteiger partial charge in [-0.05, 0) is 31.4 Å². The van der Waals surface area contributed by atoms with Gasteiger partial charge in [0.05, 0.1) is 6.04 Å². The molecule has 3 rings (SSSR count). The van der Waals surface area contributed by atoms with E-state index in [1.807, 2.05) is 12.1 Å². The monoisotopic (exact) mass is 279 g/mol. The minimum atomic E-state index is -0.930. The molecule has 1 fully saturated rings. The van der Waals surface area contributed by atoms with Gasteiger partial charge in [0.15, 0.2) is 11.5 Å². The van der Waals surface area contributed by atoms with Crippen LogP contribution in [0.1, 0.15) is 19.3 Å². The molecule has 3 atom stereocenters. The van der Waals surface area contributed by atoms with Gasteiger partial charge in [0.1, 0.15) is 12.8 Å². The number of ether oxygens (including phenoxy) is 2. The number of carbonyl (C=O) groups is 1. The highest BCUT2D eigenvalue weighted by atomic mass is 19.1. The predicted molar refractivity (Wildman–Crippen MR) is 71.7 cm³/mol. The van der Waals surface area contributed by atoms with E-state index in [-0.39, 0.29) is 18.6 Å². The fourth-order valence-electron chi connectivity index (χ4n) is 2.86. The second-order valence-corrected chi connectivity index (χ2v) is 5.33. The molecule has 1 amide bonds. The number of fused-ring (bicyclic) bond motifs is 1. The lowest BCUT2D eigenvalue weighted by atomic mass is 10.1. The lowest BCUT2D eigenvalue weighted by Gasteiger charge is -2.32. The Bertz CT molecular complexity index is 508. The summed E-state index contributed by atoms with van der Waals surface area (Å²) in [5.41, 5.74) is 0. The molecule has 0 aromatic heterocycles. The Balaban J connectivity index is 1.69. The molecule has 4 nitrogen and oxygen atoms in total. The van der Waals surface area contributed by atoms with Crippen LogP contribution in [0.5, 0.6) is 11.5 Å². The maximum absolute atomic E-state index is 13.7. The fourth-order valence-corrected chi connectivity index (χ4v) is 2.86. The van der Waals surface area contributed by atoms with E-state index >= 15 is 0 Å². The molecule has 20 heavy (non-hydrogen) atoms. The smallest absolute Gasteiger partial charge is 0.267 e. The summed E-state index contributed by atoms with van der Waals surface area (Å²) in [4.78, 5) is 13.9. The van der Waals surface area contributed by atoms with Crippen LogP contribution in [0.2, 0.25) is 0 Å². The van der Waals surface area contributed by atoms with Gasteiger partial charge in [0.25, 0.3) is 5.91 Å². The number of alkyl halides is 1. The average Bonchev–Trinajstić information content (AvgIpc) is 2.91. The van der Waals surface area contributed by atoms with Gasteiger partial charge < -0.3 is 14.4 Å². The molecule has 1 heterocycles. The van der Waals surface area contributed by atoms with Crippen LogP contribution < -0.4 is 9.47 Å². The number of hydrogen-bond donors (Lipinski definition) is 0. The summed E-state index contributed by atoms with van der Waals surface area (Å²) in [5, 5.41) is 0. The quantitative estimate of drug-likeness (QED) is 0.833. The number of halogens is 1. The van der Waals surface area contributed by atoms with Crippen LogP contribution in [0.3, 0.4) is 0 Å². The van der Waals surface area contributed by atoms with Crippen molar-refractivity contribution in [3.8, 4) is 11.5 Å². The van der Waals surface area contributed by atoms with Crippen molar-refractivity contribution in [2.45, 2.75) is 37.6 Å². The Morgan fingerprint density at radius 3 is 2.75 bits per heavy atom. The molecule has 5 heteroatoms. The zero-order chi connectivity index (χ0) is 14.1. The van der Waals surface area contributed by atoms with Gasteiger partial charge in [-0.25, -0.2) is 4.39 Å². The van der Waals surface area contributed by atoms with Crippen molar-refractivity contribution in [1.29, 1.82) is 0 Å². The molecular weight excluding hydrogens is 261 g/mol. The predicted octanol–water partition coefficient (Wildman–Crippen LogP) is 2.18. The molecule has 0 saturated heterocycles. The highest BCUT2D eigenvalue weighted by Crippen LogP contribution is 2.32. The Kier molecular flexibility index (Phi) is 3.51. The molecule has 2 aliphatic rings. The summed E-state index contributed by atoms with van der Waals surface area (Å²) in [7, 11) is 1.65. The lowest BCUT2D eigenvalue weighted by Crippen LogP contribution is -2.49. The molecule has 1 aromatic rings. The van der Waals surface area contributed by atoms with Crippen LogP contribution in [0.4, 0.5) is 4.39 Å². The van der Waals surface area contributed by atoms with Gasteiger partial charge in [-0.1, -0.05) is 12.1 Å². The fraction of sp³-hybridized carbons (Fsp3) is 0.533. The van der Waals surface area contributed by atoms with Gasteiger partial charge in [0, 0.05) is 7.05 Å². The maximum Gasteiger partial charge on any atom is 0.267 e. The van der Waals surface area contributed by atoms with Crippen molar-refractivity contribution >= 4 is 5.91 Å². The van der Waals surface area contributed by atoms with Crippen molar-refractivity contribution < 1.29 is 18.7 Å². The van der Waals surface area contributed by atoms with E-state index < -0.39 is 12.3 Å². The summed E-state index contributed by atoms with van der Waals surface area (Å²) in [6, 6.07) is 6.91. The van der Waals surface area contributed by atoms with Crippen LogP contribution in [0.15, 0.2) is 24.3 Å². The van der Waals surface area contributed by atoms with E-state index in [2.05, 4.69) is 0 Å². The molecule has 108 valence electrons. The first kappa shape index (κ1) is 13.2. The number of carbonyl (C=O) groups excluding carboxylic acids is 1. The minimum Gasteiger partial charge on any atom is -0.485 e. The Morgan fingerprint density at radius 2 is 2.05 bits per heavy atom. The van der Waals surface area contributed by atoms with E-state index in [1.54, 1.807) is 19.2 Å². The largest absolute Gasteiger partial charge is 0.485 e. The molecule has 0 spiro atoms.